The molecule has 3 rings (SSSR count). The first-order valence-corrected chi connectivity index (χ1v) is 7.23. The third kappa shape index (κ3) is 3.55. The van der Waals surface area contributed by atoms with Gasteiger partial charge in [0.05, 0.1) is 5.56 Å². The fourth-order valence-electron chi connectivity index (χ4n) is 2.22. The Labute approximate surface area is 133 Å². The zero-order valence-electron chi connectivity index (χ0n) is 12.4. The lowest BCUT2D eigenvalue weighted by atomic mass is 10.1. The lowest BCUT2D eigenvalue weighted by Gasteiger charge is -2.07. The average Bonchev–Trinajstić information content (AvgIpc) is 3.15. The molecule has 0 atom stereocenters. The number of hydrogen-bond acceptors (Lipinski definition) is 3. The highest BCUT2D eigenvalue weighted by Gasteiger charge is 2.12. The van der Waals surface area contributed by atoms with Crippen molar-refractivity contribution in [2.24, 2.45) is 0 Å². The van der Waals surface area contributed by atoms with Crippen LogP contribution in [0.4, 0.5) is 0 Å². The van der Waals surface area contributed by atoms with Crippen LogP contribution >= 0.6 is 0 Å². The molecule has 1 heterocycles. The molecule has 0 aliphatic rings. The Morgan fingerprint density at radius 2 is 1.52 bits per heavy atom. The number of benzene rings is 2. The minimum Gasteiger partial charge on any atom is -0.454 e. The first-order chi connectivity index (χ1) is 11.2. The zero-order chi connectivity index (χ0) is 16.1. The number of rotatable bonds is 5. The van der Waals surface area contributed by atoms with E-state index >= 15 is 0 Å². The van der Waals surface area contributed by atoms with Gasteiger partial charge in [0.1, 0.15) is 0 Å². The van der Waals surface area contributed by atoms with E-state index in [-0.39, 0.29) is 12.4 Å². The van der Waals surface area contributed by atoms with Crippen molar-refractivity contribution in [3.05, 3.63) is 90.3 Å². The molecule has 4 nitrogen and oxygen atoms in total. The molecule has 0 radical (unpaired) electrons. The molecule has 0 spiro atoms. The van der Waals surface area contributed by atoms with E-state index in [0.717, 1.165) is 5.69 Å². The molecule has 0 saturated carbocycles. The van der Waals surface area contributed by atoms with Crippen LogP contribution in [0.2, 0.25) is 0 Å². The second kappa shape index (κ2) is 6.75. The first-order valence-electron chi connectivity index (χ1n) is 7.23. The van der Waals surface area contributed by atoms with Gasteiger partial charge in [0.15, 0.2) is 12.4 Å². The molecule has 114 valence electrons. The maximum atomic E-state index is 12.1. The van der Waals surface area contributed by atoms with E-state index in [4.69, 9.17) is 4.74 Å². The van der Waals surface area contributed by atoms with Crippen LogP contribution in [0.5, 0.6) is 0 Å². The van der Waals surface area contributed by atoms with Crippen molar-refractivity contribution < 1.29 is 14.3 Å². The maximum absolute atomic E-state index is 12.1. The topological polar surface area (TPSA) is 48.3 Å². The van der Waals surface area contributed by atoms with E-state index in [2.05, 4.69) is 0 Å². The summed E-state index contributed by atoms with van der Waals surface area (Å²) in [4.78, 5) is 24.1. The summed E-state index contributed by atoms with van der Waals surface area (Å²) in [6.45, 7) is -0.267. The van der Waals surface area contributed by atoms with Gasteiger partial charge in [0.2, 0.25) is 0 Å². The smallest absolute Gasteiger partial charge is 0.338 e. The highest BCUT2D eigenvalue weighted by molar-refractivity contribution is 5.99. The number of esters is 1. The van der Waals surface area contributed by atoms with Crippen LogP contribution < -0.4 is 0 Å². The van der Waals surface area contributed by atoms with Crippen LogP contribution in [0.15, 0.2) is 79.1 Å². The number of ether oxygens (including phenoxy) is 1. The quantitative estimate of drug-likeness (QED) is 0.535. The van der Waals surface area contributed by atoms with Crippen molar-refractivity contribution in [1.29, 1.82) is 0 Å². The summed E-state index contributed by atoms with van der Waals surface area (Å²) >= 11 is 0. The Balaban J connectivity index is 1.67. The van der Waals surface area contributed by atoms with Crippen molar-refractivity contribution >= 4 is 11.8 Å². The first kappa shape index (κ1) is 14.8. The van der Waals surface area contributed by atoms with Crippen LogP contribution in [0.25, 0.3) is 5.69 Å². The summed E-state index contributed by atoms with van der Waals surface area (Å²) in [5.74, 6) is -0.733. The van der Waals surface area contributed by atoms with Crippen LogP contribution in [0, 0.1) is 0 Å². The minimum absolute atomic E-state index is 0.222. The van der Waals surface area contributed by atoms with Gasteiger partial charge in [-0.1, -0.05) is 36.4 Å². The van der Waals surface area contributed by atoms with Gasteiger partial charge in [-0.3, -0.25) is 4.79 Å². The molecular formula is C19H15NO3. The van der Waals surface area contributed by atoms with Crippen molar-refractivity contribution in [3.63, 3.8) is 0 Å². The molecule has 2 aromatic carbocycles. The summed E-state index contributed by atoms with van der Waals surface area (Å²) in [7, 11) is 0. The normalized spacial score (nSPS) is 10.3. The van der Waals surface area contributed by atoms with Gasteiger partial charge in [0, 0.05) is 23.6 Å². The monoisotopic (exact) mass is 305 g/mol. The summed E-state index contributed by atoms with van der Waals surface area (Å²) < 4.78 is 7.01. The Morgan fingerprint density at radius 1 is 0.826 bits per heavy atom. The molecule has 0 N–H and O–H groups in total. The average molecular weight is 305 g/mol. The Morgan fingerprint density at radius 3 is 2.26 bits per heavy atom. The molecule has 0 amide bonds. The standard InChI is InChI=1S/C19H15NO3/c21-18(15-7-2-1-3-8-15)14-23-19(22)16-9-6-10-17(13-16)20-11-4-5-12-20/h1-13H,14H2. The molecule has 3 aromatic rings. The fraction of sp³-hybridized carbons (Fsp3) is 0.0526. The van der Waals surface area contributed by atoms with Gasteiger partial charge in [-0.15, -0.1) is 0 Å². The summed E-state index contributed by atoms with van der Waals surface area (Å²) in [6.07, 6.45) is 3.78. The number of aromatic nitrogens is 1. The molecular weight excluding hydrogens is 290 g/mol. The molecule has 0 unspecified atom stereocenters. The van der Waals surface area contributed by atoms with E-state index in [1.807, 2.05) is 41.2 Å². The Kier molecular flexibility index (Phi) is 4.34. The minimum atomic E-state index is -0.511. The van der Waals surface area contributed by atoms with E-state index in [9.17, 15) is 9.59 Å². The van der Waals surface area contributed by atoms with E-state index in [0.29, 0.717) is 11.1 Å². The summed E-state index contributed by atoms with van der Waals surface area (Å²) in [5.41, 5.74) is 1.80. The Bertz CT molecular complexity index is 808. The molecule has 23 heavy (non-hydrogen) atoms. The third-order valence-electron chi connectivity index (χ3n) is 3.41. The van der Waals surface area contributed by atoms with Gasteiger partial charge in [-0.25, -0.2) is 4.79 Å². The summed E-state index contributed by atoms with van der Waals surface area (Å²) in [5, 5.41) is 0. The van der Waals surface area contributed by atoms with Crippen LogP contribution in [-0.4, -0.2) is 22.9 Å². The maximum Gasteiger partial charge on any atom is 0.338 e. The lowest BCUT2D eigenvalue weighted by molar-refractivity contribution is 0.0474. The van der Waals surface area contributed by atoms with Gasteiger partial charge in [-0.2, -0.15) is 0 Å². The SMILES string of the molecule is O=C(COC(=O)c1cccc(-n2cccc2)c1)c1ccccc1. The molecule has 0 fully saturated rings. The molecule has 0 aliphatic carbocycles. The second-order valence-electron chi connectivity index (χ2n) is 5.01. The molecule has 0 bridgehead atoms. The fourth-order valence-corrected chi connectivity index (χ4v) is 2.22. The number of carbonyl (C=O) groups excluding carboxylic acids is 2. The van der Waals surface area contributed by atoms with E-state index in [1.54, 1.807) is 42.5 Å². The Hall–Kier alpha value is -3.14. The predicted octanol–water partition coefficient (Wildman–Crippen LogP) is 3.52. The molecule has 0 saturated heterocycles. The lowest BCUT2D eigenvalue weighted by Crippen LogP contribution is -2.14. The van der Waals surface area contributed by atoms with Gasteiger partial charge in [0.25, 0.3) is 0 Å². The van der Waals surface area contributed by atoms with Crippen molar-refractivity contribution in [3.8, 4) is 5.69 Å². The van der Waals surface area contributed by atoms with E-state index < -0.39 is 5.97 Å². The van der Waals surface area contributed by atoms with Crippen molar-refractivity contribution in [2.45, 2.75) is 0 Å². The number of Topliss-reactive ketones (excluding diaryl/α,β-unsaturated/α-hetero) is 1. The highest BCUT2D eigenvalue weighted by Crippen LogP contribution is 2.12. The zero-order valence-corrected chi connectivity index (χ0v) is 12.4. The number of carbonyl (C=O) groups is 2. The van der Waals surface area contributed by atoms with Crippen molar-refractivity contribution in [2.75, 3.05) is 6.61 Å². The van der Waals surface area contributed by atoms with E-state index in [1.165, 1.54) is 0 Å². The molecule has 1 aromatic heterocycles. The highest BCUT2D eigenvalue weighted by atomic mass is 16.5. The van der Waals surface area contributed by atoms with Crippen LogP contribution in [0.3, 0.4) is 0 Å². The van der Waals surface area contributed by atoms with Gasteiger partial charge < -0.3 is 9.30 Å². The third-order valence-corrected chi connectivity index (χ3v) is 3.41. The van der Waals surface area contributed by atoms with Gasteiger partial charge in [-0.05, 0) is 30.3 Å². The second-order valence-corrected chi connectivity index (χ2v) is 5.01. The largest absolute Gasteiger partial charge is 0.454 e. The molecule has 4 heteroatoms. The number of ketones is 1. The number of hydrogen-bond donors (Lipinski definition) is 0. The predicted molar refractivity (Wildman–Crippen MR) is 86.8 cm³/mol. The van der Waals surface area contributed by atoms with Gasteiger partial charge >= 0.3 is 5.97 Å². The van der Waals surface area contributed by atoms with Crippen molar-refractivity contribution in [1.82, 2.24) is 4.57 Å². The number of nitrogens with zero attached hydrogens (tertiary/aromatic N) is 1. The van der Waals surface area contributed by atoms with Crippen LogP contribution in [0.1, 0.15) is 20.7 Å². The van der Waals surface area contributed by atoms with Crippen LogP contribution in [-0.2, 0) is 4.74 Å². The molecule has 0 aliphatic heterocycles. The summed E-state index contributed by atoms with van der Waals surface area (Å²) in [6, 6.07) is 19.7.